The normalized spacial score (nSPS) is 23.2. The van der Waals surface area contributed by atoms with Crippen LogP contribution in [0.5, 0.6) is 0 Å². The monoisotopic (exact) mass is 269 g/mol. The summed E-state index contributed by atoms with van der Waals surface area (Å²) in [7, 11) is 0. The quantitative estimate of drug-likeness (QED) is 0.581. The molecule has 2 N–H and O–H groups in total. The van der Waals surface area contributed by atoms with Gasteiger partial charge in [0.05, 0.1) is 5.60 Å². The summed E-state index contributed by atoms with van der Waals surface area (Å²) < 4.78 is 0. The maximum Gasteiger partial charge on any atom is 0.0659 e. The van der Waals surface area contributed by atoms with E-state index in [-0.39, 0.29) is 0 Å². The molecule has 0 bridgehead atoms. The molecule has 1 saturated heterocycles. The van der Waals surface area contributed by atoms with Crippen LogP contribution in [0.1, 0.15) is 84.5 Å². The third-order valence-corrected chi connectivity index (χ3v) is 4.71. The Morgan fingerprint density at radius 2 is 1.68 bits per heavy atom. The van der Waals surface area contributed by atoms with Gasteiger partial charge in [0.25, 0.3) is 0 Å². The molecule has 2 nitrogen and oxygen atoms in total. The Hall–Kier alpha value is -0.0800. The molecule has 0 aliphatic carbocycles. The van der Waals surface area contributed by atoms with Gasteiger partial charge in [-0.05, 0) is 38.6 Å². The Morgan fingerprint density at radius 3 is 2.26 bits per heavy atom. The second kappa shape index (κ2) is 9.77. The summed E-state index contributed by atoms with van der Waals surface area (Å²) in [4.78, 5) is 0. The molecule has 0 saturated carbocycles. The molecule has 114 valence electrons. The van der Waals surface area contributed by atoms with E-state index in [1.165, 1.54) is 64.2 Å². The van der Waals surface area contributed by atoms with Crippen LogP contribution in [0.25, 0.3) is 0 Å². The minimum absolute atomic E-state index is 0.449. The van der Waals surface area contributed by atoms with Gasteiger partial charge in [0.1, 0.15) is 0 Å². The van der Waals surface area contributed by atoms with Gasteiger partial charge in [0, 0.05) is 6.54 Å². The maximum absolute atomic E-state index is 10.6. The molecule has 0 spiro atoms. The molecule has 1 fully saturated rings. The van der Waals surface area contributed by atoms with Gasteiger partial charge in [-0.25, -0.2) is 0 Å². The number of hydrogen-bond acceptors (Lipinski definition) is 2. The second-order valence-corrected chi connectivity index (χ2v) is 6.63. The molecular formula is C17H35NO. The van der Waals surface area contributed by atoms with E-state index in [0.29, 0.717) is 5.92 Å². The van der Waals surface area contributed by atoms with Crippen LogP contribution in [0.15, 0.2) is 0 Å². The van der Waals surface area contributed by atoms with E-state index in [9.17, 15) is 5.11 Å². The van der Waals surface area contributed by atoms with Crippen molar-refractivity contribution in [1.82, 2.24) is 5.32 Å². The van der Waals surface area contributed by atoms with Crippen molar-refractivity contribution in [1.29, 1.82) is 0 Å². The highest BCUT2D eigenvalue weighted by atomic mass is 16.3. The smallest absolute Gasteiger partial charge is 0.0659 e. The van der Waals surface area contributed by atoms with E-state index >= 15 is 0 Å². The Balaban J connectivity index is 2.00. The van der Waals surface area contributed by atoms with Crippen LogP contribution in [0.2, 0.25) is 0 Å². The van der Waals surface area contributed by atoms with Gasteiger partial charge in [0.15, 0.2) is 0 Å². The molecule has 0 aromatic carbocycles. The second-order valence-electron chi connectivity index (χ2n) is 6.63. The van der Waals surface area contributed by atoms with Crippen LogP contribution in [0.3, 0.4) is 0 Å². The third kappa shape index (κ3) is 7.31. The first-order valence-electron chi connectivity index (χ1n) is 8.60. The molecule has 0 amide bonds. The summed E-state index contributed by atoms with van der Waals surface area (Å²) >= 11 is 0. The van der Waals surface area contributed by atoms with Crippen molar-refractivity contribution in [3.05, 3.63) is 0 Å². The fraction of sp³-hybridized carbons (Fsp3) is 1.00. The summed E-state index contributed by atoms with van der Waals surface area (Å²) in [5.74, 6) is 0.464. The molecule has 0 radical (unpaired) electrons. The van der Waals surface area contributed by atoms with E-state index in [4.69, 9.17) is 0 Å². The number of rotatable bonds is 10. The molecule has 1 rings (SSSR count). The summed E-state index contributed by atoms with van der Waals surface area (Å²) in [6.45, 7) is 6.45. The van der Waals surface area contributed by atoms with E-state index < -0.39 is 5.60 Å². The van der Waals surface area contributed by atoms with Crippen molar-refractivity contribution >= 4 is 0 Å². The van der Waals surface area contributed by atoms with Crippen molar-refractivity contribution in [3.8, 4) is 0 Å². The Morgan fingerprint density at radius 1 is 1.05 bits per heavy atom. The van der Waals surface area contributed by atoms with Gasteiger partial charge in [-0.15, -0.1) is 0 Å². The minimum Gasteiger partial charge on any atom is -0.390 e. The van der Waals surface area contributed by atoms with Gasteiger partial charge in [-0.3, -0.25) is 0 Å². The van der Waals surface area contributed by atoms with Crippen molar-refractivity contribution in [2.24, 2.45) is 5.92 Å². The summed E-state index contributed by atoms with van der Waals surface area (Å²) in [6.07, 6.45) is 14.1. The highest BCUT2D eigenvalue weighted by Gasteiger charge is 2.31. The minimum atomic E-state index is -0.449. The van der Waals surface area contributed by atoms with E-state index in [1.807, 2.05) is 6.92 Å². The maximum atomic E-state index is 10.6. The highest BCUT2D eigenvalue weighted by Crippen LogP contribution is 2.29. The average Bonchev–Trinajstić information content (AvgIpc) is 2.43. The van der Waals surface area contributed by atoms with Crippen LogP contribution < -0.4 is 5.32 Å². The number of hydrogen-bond donors (Lipinski definition) is 2. The van der Waals surface area contributed by atoms with Crippen molar-refractivity contribution in [2.45, 2.75) is 90.1 Å². The fourth-order valence-corrected chi connectivity index (χ4v) is 3.20. The predicted molar refractivity (Wildman–Crippen MR) is 83.4 cm³/mol. The van der Waals surface area contributed by atoms with Gasteiger partial charge in [0.2, 0.25) is 0 Å². The molecule has 0 aromatic rings. The van der Waals surface area contributed by atoms with Gasteiger partial charge >= 0.3 is 0 Å². The summed E-state index contributed by atoms with van der Waals surface area (Å²) in [5, 5.41) is 14.0. The lowest BCUT2D eigenvalue weighted by atomic mass is 9.80. The average molecular weight is 269 g/mol. The Bertz CT molecular complexity index is 209. The largest absolute Gasteiger partial charge is 0.390 e. The molecular weight excluding hydrogens is 234 g/mol. The lowest BCUT2D eigenvalue weighted by Crippen LogP contribution is -2.44. The van der Waals surface area contributed by atoms with Gasteiger partial charge in [-0.2, -0.15) is 0 Å². The molecule has 2 unspecified atom stereocenters. The van der Waals surface area contributed by atoms with E-state index in [1.54, 1.807) is 0 Å². The molecule has 2 atom stereocenters. The number of nitrogens with one attached hydrogen (secondary N) is 1. The van der Waals surface area contributed by atoms with Crippen molar-refractivity contribution in [3.63, 3.8) is 0 Å². The number of unbranched alkanes of at least 4 members (excludes halogenated alkanes) is 7. The summed E-state index contributed by atoms with van der Waals surface area (Å²) in [5.41, 5.74) is -0.449. The molecule has 1 heterocycles. The SMILES string of the molecule is CCCCCCCCCCC(C)(O)C1CCCNC1. The first-order valence-corrected chi connectivity index (χ1v) is 8.60. The third-order valence-electron chi connectivity index (χ3n) is 4.71. The van der Waals surface area contributed by atoms with E-state index in [2.05, 4.69) is 12.2 Å². The van der Waals surface area contributed by atoms with Gasteiger partial charge < -0.3 is 10.4 Å². The number of piperidine rings is 1. The lowest BCUT2D eigenvalue weighted by Gasteiger charge is -2.36. The molecule has 1 aliphatic rings. The molecule has 19 heavy (non-hydrogen) atoms. The Labute approximate surface area is 120 Å². The molecule has 2 heteroatoms. The lowest BCUT2D eigenvalue weighted by molar-refractivity contribution is -0.0199. The van der Waals surface area contributed by atoms with Crippen LogP contribution >= 0.6 is 0 Å². The molecule has 0 aromatic heterocycles. The number of aliphatic hydroxyl groups is 1. The standard InChI is InChI=1S/C17H35NO/c1-3-4-5-6-7-8-9-10-13-17(2,19)16-12-11-14-18-15-16/h16,18-19H,3-15H2,1-2H3. The van der Waals surface area contributed by atoms with Crippen LogP contribution in [0, 0.1) is 5.92 Å². The Kier molecular flexibility index (Phi) is 8.72. The zero-order valence-corrected chi connectivity index (χ0v) is 13.2. The topological polar surface area (TPSA) is 32.3 Å². The zero-order valence-electron chi connectivity index (χ0n) is 13.2. The van der Waals surface area contributed by atoms with Crippen LogP contribution in [-0.4, -0.2) is 23.8 Å². The first-order chi connectivity index (χ1) is 9.17. The highest BCUT2D eigenvalue weighted by molar-refractivity contribution is 4.85. The van der Waals surface area contributed by atoms with Gasteiger partial charge in [-0.1, -0.05) is 58.3 Å². The van der Waals surface area contributed by atoms with Crippen molar-refractivity contribution in [2.75, 3.05) is 13.1 Å². The van der Waals surface area contributed by atoms with Crippen LogP contribution in [-0.2, 0) is 0 Å². The first kappa shape index (κ1) is 17.0. The van der Waals surface area contributed by atoms with Crippen LogP contribution in [0.4, 0.5) is 0 Å². The predicted octanol–water partition coefficient (Wildman–Crippen LogP) is 4.27. The fourth-order valence-electron chi connectivity index (χ4n) is 3.20. The van der Waals surface area contributed by atoms with E-state index in [0.717, 1.165) is 19.5 Å². The molecule has 1 aliphatic heterocycles. The summed E-state index contributed by atoms with van der Waals surface area (Å²) in [6, 6.07) is 0. The van der Waals surface area contributed by atoms with Crippen molar-refractivity contribution < 1.29 is 5.11 Å². The zero-order chi connectivity index (χ0) is 14.0.